The van der Waals surface area contributed by atoms with Crippen LogP contribution in [0, 0.1) is 5.82 Å². The third kappa shape index (κ3) is 5.79. The van der Waals surface area contributed by atoms with Crippen LogP contribution in [0.25, 0.3) is 0 Å². The Labute approximate surface area is 189 Å². The highest BCUT2D eigenvalue weighted by atomic mass is 19.1. The van der Waals surface area contributed by atoms with E-state index in [1.54, 1.807) is 6.07 Å². The number of carbonyl (C=O) groups is 3. The van der Waals surface area contributed by atoms with Gasteiger partial charge in [-0.05, 0) is 36.1 Å². The van der Waals surface area contributed by atoms with Gasteiger partial charge in [0.15, 0.2) is 0 Å². The molecular weight excluding hydrogens is 427 g/mol. The molecule has 0 saturated carbocycles. The SMILES string of the molecule is O=C(CC[C@H]1NC(=O)N(Cc2cccc(F)c2)C1=O)Nc1n[nH]c(CCc2ccccc2)n1. The summed E-state index contributed by atoms with van der Waals surface area (Å²) in [5, 5.41) is 12.0. The van der Waals surface area contributed by atoms with Gasteiger partial charge in [-0.25, -0.2) is 9.18 Å². The Balaban J connectivity index is 1.24. The number of hydrogen-bond donors (Lipinski definition) is 3. The highest BCUT2D eigenvalue weighted by Gasteiger charge is 2.37. The van der Waals surface area contributed by atoms with Gasteiger partial charge in [-0.3, -0.25) is 24.9 Å². The van der Waals surface area contributed by atoms with Crippen molar-refractivity contribution in [1.29, 1.82) is 0 Å². The summed E-state index contributed by atoms with van der Waals surface area (Å²) in [6, 6.07) is 14.3. The van der Waals surface area contributed by atoms with Crippen LogP contribution in [0.1, 0.15) is 29.8 Å². The number of hydrogen-bond acceptors (Lipinski definition) is 5. The molecule has 1 fully saturated rings. The van der Waals surface area contributed by atoms with Crippen molar-refractivity contribution in [2.75, 3.05) is 5.32 Å². The largest absolute Gasteiger partial charge is 0.326 e. The number of amides is 4. The topological polar surface area (TPSA) is 120 Å². The van der Waals surface area contributed by atoms with Crippen molar-refractivity contribution in [2.45, 2.75) is 38.3 Å². The Hall–Kier alpha value is -4.08. The lowest BCUT2D eigenvalue weighted by Crippen LogP contribution is -2.31. The van der Waals surface area contributed by atoms with E-state index in [4.69, 9.17) is 0 Å². The molecular formula is C23H23FN6O3. The zero-order valence-electron chi connectivity index (χ0n) is 17.8. The fourth-order valence-corrected chi connectivity index (χ4v) is 3.57. The summed E-state index contributed by atoms with van der Waals surface area (Å²) in [5.41, 5.74) is 1.68. The first-order chi connectivity index (χ1) is 16.0. The lowest BCUT2D eigenvalue weighted by atomic mass is 10.1. The molecule has 0 unspecified atom stereocenters. The summed E-state index contributed by atoms with van der Waals surface area (Å²) >= 11 is 0. The van der Waals surface area contributed by atoms with Crippen LogP contribution >= 0.6 is 0 Å². The molecule has 3 aromatic rings. The number of H-pyrrole nitrogens is 1. The molecule has 33 heavy (non-hydrogen) atoms. The second-order valence-corrected chi connectivity index (χ2v) is 7.73. The Morgan fingerprint density at radius 2 is 1.85 bits per heavy atom. The molecule has 10 heteroatoms. The maximum Gasteiger partial charge on any atom is 0.325 e. The quantitative estimate of drug-likeness (QED) is 0.433. The van der Waals surface area contributed by atoms with Crippen molar-refractivity contribution in [3.05, 3.63) is 77.4 Å². The molecule has 2 heterocycles. The number of anilines is 1. The fourth-order valence-electron chi connectivity index (χ4n) is 3.57. The van der Waals surface area contributed by atoms with Crippen LogP contribution in [0.5, 0.6) is 0 Å². The van der Waals surface area contributed by atoms with Crippen molar-refractivity contribution in [1.82, 2.24) is 25.4 Å². The molecule has 4 rings (SSSR count). The van der Waals surface area contributed by atoms with Gasteiger partial charge >= 0.3 is 6.03 Å². The summed E-state index contributed by atoms with van der Waals surface area (Å²) < 4.78 is 13.4. The zero-order valence-corrected chi connectivity index (χ0v) is 17.8. The van der Waals surface area contributed by atoms with E-state index in [0.29, 0.717) is 17.8 Å². The minimum Gasteiger partial charge on any atom is -0.326 e. The predicted octanol–water partition coefficient (Wildman–Crippen LogP) is 2.57. The average Bonchev–Trinajstić information content (AvgIpc) is 3.36. The Kier molecular flexibility index (Phi) is 6.72. The fraction of sp³-hybridized carbons (Fsp3) is 0.261. The van der Waals surface area contributed by atoms with E-state index in [1.807, 2.05) is 30.3 Å². The van der Waals surface area contributed by atoms with E-state index < -0.39 is 23.8 Å². The molecule has 1 atom stereocenters. The van der Waals surface area contributed by atoms with E-state index in [9.17, 15) is 18.8 Å². The van der Waals surface area contributed by atoms with Crippen LogP contribution in [0.2, 0.25) is 0 Å². The minimum atomic E-state index is -0.814. The number of halogens is 1. The lowest BCUT2D eigenvalue weighted by molar-refractivity contribution is -0.128. The molecule has 4 amide bonds. The van der Waals surface area contributed by atoms with E-state index in [2.05, 4.69) is 25.8 Å². The monoisotopic (exact) mass is 450 g/mol. The highest BCUT2D eigenvalue weighted by molar-refractivity contribution is 6.04. The van der Waals surface area contributed by atoms with Gasteiger partial charge in [-0.15, -0.1) is 5.10 Å². The standard InChI is InChI=1S/C23H23FN6O3/c24-17-8-4-7-16(13-17)14-30-21(32)18(25-23(30)33)10-12-20(31)27-22-26-19(28-29-22)11-9-15-5-2-1-3-6-15/h1-8,13,18H,9-12,14H2,(H,25,33)(H2,26,27,28,29,31)/t18-/m1/s1. The number of rotatable bonds is 9. The van der Waals surface area contributed by atoms with Gasteiger partial charge in [0.2, 0.25) is 11.9 Å². The van der Waals surface area contributed by atoms with Crippen LogP contribution < -0.4 is 10.6 Å². The van der Waals surface area contributed by atoms with Crippen LogP contribution in [0.15, 0.2) is 54.6 Å². The summed E-state index contributed by atoms with van der Waals surface area (Å²) in [6.07, 6.45) is 1.56. The first-order valence-electron chi connectivity index (χ1n) is 10.6. The first-order valence-corrected chi connectivity index (χ1v) is 10.6. The number of aryl methyl sites for hydroxylation is 2. The van der Waals surface area contributed by atoms with Crippen LogP contribution in [0.4, 0.5) is 15.1 Å². The van der Waals surface area contributed by atoms with E-state index in [-0.39, 0.29) is 31.2 Å². The van der Waals surface area contributed by atoms with Crippen molar-refractivity contribution in [3.63, 3.8) is 0 Å². The number of benzene rings is 2. The first kappa shape index (κ1) is 22.1. The number of aromatic amines is 1. The van der Waals surface area contributed by atoms with Gasteiger partial charge in [0, 0.05) is 12.8 Å². The van der Waals surface area contributed by atoms with Gasteiger partial charge in [0.25, 0.3) is 5.91 Å². The van der Waals surface area contributed by atoms with Crippen molar-refractivity contribution in [3.8, 4) is 0 Å². The molecule has 1 aliphatic rings. The number of imide groups is 1. The molecule has 3 N–H and O–H groups in total. The summed E-state index contributed by atoms with van der Waals surface area (Å²) in [7, 11) is 0. The highest BCUT2D eigenvalue weighted by Crippen LogP contribution is 2.16. The van der Waals surface area contributed by atoms with Gasteiger partial charge < -0.3 is 5.32 Å². The Morgan fingerprint density at radius 1 is 1.06 bits per heavy atom. The molecule has 1 aromatic heterocycles. The molecule has 1 aliphatic heterocycles. The number of carbonyl (C=O) groups excluding carboxylic acids is 3. The second-order valence-electron chi connectivity index (χ2n) is 7.73. The molecule has 0 spiro atoms. The summed E-state index contributed by atoms with van der Waals surface area (Å²) in [4.78, 5) is 42.3. The number of nitrogens with zero attached hydrogens (tertiary/aromatic N) is 3. The Morgan fingerprint density at radius 3 is 2.64 bits per heavy atom. The van der Waals surface area contributed by atoms with Crippen LogP contribution in [-0.4, -0.2) is 44.0 Å². The Bertz CT molecular complexity index is 1150. The zero-order chi connectivity index (χ0) is 23.2. The van der Waals surface area contributed by atoms with Crippen molar-refractivity contribution < 1.29 is 18.8 Å². The number of urea groups is 1. The lowest BCUT2D eigenvalue weighted by Gasteiger charge is -2.13. The molecule has 1 saturated heterocycles. The molecule has 170 valence electrons. The van der Waals surface area contributed by atoms with E-state index in [0.717, 1.165) is 11.3 Å². The third-order valence-electron chi connectivity index (χ3n) is 5.27. The summed E-state index contributed by atoms with van der Waals surface area (Å²) in [5.74, 6) is -0.437. The van der Waals surface area contributed by atoms with E-state index in [1.165, 1.54) is 23.8 Å². The normalized spacial score (nSPS) is 15.5. The summed E-state index contributed by atoms with van der Waals surface area (Å²) in [6.45, 7) is -0.0337. The van der Waals surface area contributed by atoms with Crippen LogP contribution in [-0.2, 0) is 29.0 Å². The van der Waals surface area contributed by atoms with Gasteiger partial charge in [0.1, 0.15) is 17.7 Å². The molecule has 9 nitrogen and oxygen atoms in total. The number of nitrogens with one attached hydrogen (secondary N) is 3. The van der Waals surface area contributed by atoms with Gasteiger partial charge in [-0.1, -0.05) is 42.5 Å². The van der Waals surface area contributed by atoms with Crippen molar-refractivity contribution >= 4 is 23.8 Å². The average molecular weight is 450 g/mol. The predicted molar refractivity (Wildman–Crippen MR) is 117 cm³/mol. The van der Waals surface area contributed by atoms with Crippen LogP contribution in [0.3, 0.4) is 0 Å². The van der Waals surface area contributed by atoms with Gasteiger partial charge in [-0.2, -0.15) is 4.98 Å². The van der Waals surface area contributed by atoms with Gasteiger partial charge in [0.05, 0.1) is 6.54 Å². The maximum atomic E-state index is 13.4. The molecule has 0 radical (unpaired) electrons. The maximum absolute atomic E-state index is 13.4. The second kappa shape index (κ2) is 10.0. The smallest absolute Gasteiger partial charge is 0.325 e. The molecule has 0 aliphatic carbocycles. The molecule has 0 bridgehead atoms. The minimum absolute atomic E-state index is 0.00161. The molecule has 2 aromatic carbocycles. The number of aromatic nitrogens is 3. The van der Waals surface area contributed by atoms with Crippen molar-refractivity contribution in [2.24, 2.45) is 0 Å². The third-order valence-corrected chi connectivity index (χ3v) is 5.27. The van der Waals surface area contributed by atoms with E-state index >= 15 is 0 Å².